The maximum atomic E-state index is 15.1. The van der Waals surface area contributed by atoms with Gasteiger partial charge < -0.3 is 25.4 Å². The van der Waals surface area contributed by atoms with Gasteiger partial charge in [0.2, 0.25) is 5.91 Å². The van der Waals surface area contributed by atoms with Gasteiger partial charge in [0.25, 0.3) is 0 Å². The Balaban J connectivity index is 1.34. The molecule has 13 heteroatoms. The number of benzene rings is 2. The van der Waals surface area contributed by atoms with Crippen LogP contribution in [-0.2, 0) is 15.7 Å². The number of aromatic nitrogens is 2. The second kappa shape index (κ2) is 14.0. The van der Waals surface area contributed by atoms with E-state index in [1.807, 2.05) is 17.0 Å². The summed E-state index contributed by atoms with van der Waals surface area (Å²) in [6, 6.07) is 4.69. The average Bonchev–Trinajstić information content (AvgIpc) is 3.03. The normalized spacial score (nSPS) is 20.1. The number of amides is 1. The Bertz CT molecular complexity index is 1550. The van der Waals surface area contributed by atoms with Gasteiger partial charge in [0, 0.05) is 68.5 Å². The third-order valence-electron chi connectivity index (χ3n) is 9.22. The molecule has 46 heavy (non-hydrogen) atoms. The van der Waals surface area contributed by atoms with Crippen LogP contribution in [-0.4, -0.2) is 79.2 Å². The summed E-state index contributed by atoms with van der Waals surface area (Å²) in [5.41, 5.74) is 5.45. The number of nitrogen functional groups attached to an aromatic ring is 1. The van der Waals surface area contributed by atoms with E-state index in [1.54, 1.807) is 28.1 Å². The van der Waals surface area contributed by atoms with Gasteiger partial charge in [0.1, 0.15) is 23.2 Å². The van der Waals surface area contributed by atoms with Crippen LogP contribution in [0.3, 0.4) is 0 Å². The van der Waals surface area contributed by atoms with Gasteiger partial charge in [-0.1, -0.05) is 0 Å². The zero-order valence-electron chi connectivity index (χ0n) is 26.7. The smallest absolute Gasteiger partial charge is 0.419 e. The summed E-state index contributed by atoms with van der Waals surface area (Å²) >= 11 is 0. The highest BCUT2D eigenvalue weighted by Crippen LogP contribution is 2.43. The number of nitrogens with one attached hydrogen (secondary N) is 1. The monoisotopic (exact) mass is 646 g/mol. The molecule has 0 unspecified atom stereocenters. The molecule has 1 amide bonds. The van der Waals surface area contributed by atoms with Crippen LogP contribution in [0, 0.1) is 18.7 Å². The molecule has 1 aliphatic heterocycles. The van der Waals surface area contributed by atoms with E-state index in [-0.39, 0.29) is 29.0 Å². The quantitative estimate of drug-likeness (QED) is 0.218. The molecule has 1 aliphatic carbocycles. The van der Waals surface area contributed by atoms with E-state index in [1.165, 1.54) is 6.07 Å². The fourth-order valence-electron chi connectivity index (χ4n) is 6.69. The Morgan fingerprint density at radius 1 is 1.07 bits per heavy atom. The number of nitrogens with two attached hydrogens (primary N) is 1. The zero-order valence-corrected chi connectivity index (χ0v) is 26.7. The Morgan fingerprint density at radius 2 is 1.76 bits per heavy atom. The molecule has 1 aromatic heterocycles. The van der Waals surface area contributed by atoms with Gasteiger partial charge in [0.15, 0.2) is 0 Å². The summed E-state index contributed by atoms with van der Waals surface area (Å²) in [6.45, 7) is 7.97. The minimum Gasteiger partial charge on any atom is -0.496 e. The van der Waals surface area contributed by atoms with E-state index >= 15 is 4.39 Å². The number of hydrogen-bond donors (Lipinski definition) is 2. The highest BCUT2D eigenvalue weighted by molar-refractivity contribution is 5.91. The third-order valence-corrected chi connectivity index (χ3v) is 9.22. The first-order valence-corrected chi connectivity index (χ1v) is 15.7. The van der Waals surface area contributed by atoms with Crippen molar-refractivity contribution in [1.29, 1.82) is 0 Å². The number of carbonyl (C=O) groups is 1. The van der Waals surface area contributed by atoms with Gasteiger partial charge >= 0.3 is 6.18 Å². The molecule has 5 rings (SSSR count). The number of fused-ring (bicyclic) bond motifs is 1. The molecular weight excluding hydrogens is 604 g/mol. The molecule has 2 aliphatic rings. The Hall–Kier alpha value is -3.71. The van der Waals surface area contributed by atoms with Crippen molar-refractivity contribution >= 4 is 28.3 Å². The van der Waals surface area contributed by atoms with Gasteiger partial charge in [-0.2, -0.15) is 13.2 Å². The first-order chi connectivity index (χ1) is 21.9. The summed E-state index contributed by atoms with van der Waals surface area (Å²) in [5, 5.41) is 3.75. The number of halogens is 4. The molecule has 2 aromatic carbocycles. The molecule has 3 N–H and O–H groups in total. The van der Waals surface area contributed by atoms with Crippen molar-refractivity contribution in [2.24, 2.45) is 5.92 Å². The van der Waals surface area contributed by atoms with E-state index < -0.39 is 23.6 Å². The summed E-state index contributed by atoms with van der Waals surface area (Å²) < 4.78 is 66.5. The van der Waals surface area contributed by atoms with Crippen molar-refractivity contribution in [3.05, 3.63) is 52.6 Å². The predicted octanol–water partition coefficient (Wildman–Crippen LogP) is 5.92. The molecule has 3 aromatic rings. The number of hydrogen-bond acceptors (Lipinski definition) is 8. The average molecular weight is 647 g/mol. The van der Waals surface area contributed by atoms with Crippen molar-refractivity contribution in [2.75, 3.05) is 64.6 Å². The predicted molar refractivity (Wildman–Crippen MR) is 168 cm³/mol. The van der Waals surface area contributed by atoms with Crippen molar-refractivity contribution in [3.63, 3.8) is 0 Å². The van der Waals surface area contributed by atoms with Crippen LogP contribution in [0.4, 0.5) is 29.1 Å². The SMILES string of the molecule is COCCN1CCN(C(=O)[C@H]2CC[C@H](c3cc4c(N[C@H](C)c5cc(N)cc(C(F)(F)F)c5F)nc(C)nc4cc3OC)CC2)CC1. The van der Waals surface area contributed by atoms with E-state index in [9.17, 15) is 18.0 Å². The maximum absolute atomic E-state index is 15.1. The molecule has 9 nitrogen and oxygen atoms in total. The number of rotatable bonds is 9. The van der Waals surface area contributed by atoms with Gasteiger partial charge in [-0.25, -0.2) is 14.4 Å². The van der Waals surface area contributed by atoms with Gasteiger partial charge in [-0.15, -0.1) is 0 Å². The lowest BCUT2D eigenvalue weighted by Gasteiger charge is -2.38. The second-order valence-corrected chi connectivity index (χ2v) is 12.3. The summed E-state index contributed by atoms with van der Waals surface area (Å²) in [4.78, 5) is 26.8. The van der Waals surface area contributed by atoms with Crippen molar-refractivity contribution in [1.82, 2.24) is 19.8 Å². The van der Waals surface area contributed by atoms with Gasteiger partial charge in [-0.3, -0.25) is 9.69 Å². The summed E-state index contributed by atoms with van der Waals surface area (Å²) in [7, 11) is 3.29. The lowest BCUT2D eigenvalue weighted by atomic mass is 9.77. The Morgan fingerprint density at radius 3 is 2.39 bits per heavy atom. The standard InChI is InChI=1S/C33H42F4N6O3/c1-19(24-15-23(38)16-27(30(24)34)33(35,36)37)39-31-26-17-25(29(46-4)18-28(26)40-20(2)41-31)21-5-7-22(8-6-21)32(44)43-11-9-42(10-12-43)13-14-45-3/h15-19,21-22H,5-14,38H2,1-4H3,(H,39,40,41)/t19-,21-,22-/m1/s1. The van der Waals surface area contributed by atoms with Crippen LogP contribution in [0.5, 0.6) is 5.75 Å². The van der Waals surface area contributed by atoms with Crippen LogP contribution in [0.2, 0.25) is 0 Å². The van der Waals surface area contributed by atoms with Crippen LogP contribution in [0.1, 0.15) is 67.1 Å². The second-order valence-electron chi connectivity index (χ2n) is 12.3. The molecule has 0 bridgehead atoms. The van der Waals surface area contributed by atoms with E-state index in [4.69, 9.17) is 15.2 Å². The highest BCUT2D eigenvalue weighted by Gasteiger charge is 2.36. The molecule has 250 valence electrons. The summed E-state index contributed by atoms with van der Waals surface area (Å²) in [5.74, 6) is 0.417. The van der Waals surface area contributed by atoms with E-state index in [2.05, 4.69) is 20.2 Å². The number of alkyl halides is 3. The van der Waals surface area contributed by atoms with E-state index in [0.717, 1.165) is 64.0 Å². The number of methoxy groups -OCH3 is 2. The first-order valence-electron chi connectivity index (χ1n) is 15.7. The Kier molecular flexibility index (Phi) is 10.2. The Labute approximate surface area is 266 Å². The van der Waals surface area contributed by atoms with Crippen LogP contribution in [0.25, 0.3) is 10.9 Å². The third kappa shape index (κ3) is 7.30. The molecular formula is C33H42F4N6O3. The van der Waals surface area contributed by atoms with Crippen LogP contribution in [0.15, 0.2) is 24.3 Å². The van der Waals surface area contributed by atoms with Crippen molar-refractivity contribution < 1.29 is 31.8 Å². The number of piperazine rings is 1. The van der Waals surface area contributed by atoms with Crippen LogP contribution < -0.4 is 15.8 Å². The summed E-state index contributed by atoms with van der Waals surface area (Å²) in [6.07, 6.45) is -1.77. The van der Waals surface area contributed by atoms with Crippen LogP contribution >= 0.6 is 0 Å². The largest absolute Gasteiger partial charge is 0.496 e. The molecule has 1 atom stereocenters. The number of aryl methyl sites for hydroxylation is 1. The highest BCUT2D eigenvalue weighted by atomic mass is 19.4. The van der Waals surface area contributed by atoms with Gasteiger partial charge in [-0.05, 0) is 69.2 Å². The molecule has 1 saturated heterocycles. The molecule has 0 radical (unpaired) electrons. The number of nitrogens with zero attached hydrogens (tertiary/aromatic N) is 4. The lowest BCUT2D eigenvalue weighted by Crippen LogP contribution is -2.51. The molecule has 2 fully saturated rings. The zero-order chi connectivity index (χ0) is 33.2. The molecule has 2 heterocycles. The van der Waals surface area contributed by atoms with Gasteiger partial charge in [0.05, 0.1) is 30.8 Å². The number of anilines is 2. The topological polar surface area (TPSA) is 106 Å². The lowest BCUT2D eigenvalue weighted by molar-refractivity contribution is -0.140. The first kappa shape index (κ1) is 33.6. The fraction of sp³-hybridized carbons (Fsp3) is 0.545. The number of carbonyl (C=O) groups excluding carboxylic acids is 1. The molecule has 1 saturated carbocycles. The van der Waals surface area contributed by atoms with Crippen molar-refractivity contribution in [2.45, 2.75) is 57.7 Å². The minimum atomic E-state index is -4.89. The number of ether oxygens (including phenoxy) is 2. The van der Waals surface area contributed by atoms with E-state index in [0.29, 0.717) is 41.0 Å². The molecule has 0 spiro atoms. The maximum Gasteiger partial charge on any atom is 0.419 e. The fourth-order valence-corrected chi connectivity index (χ4v) is 6.69. The minimum absolute atomic E-state index is 0.0212. The van der Waals surface area contributed by atoms with Crippen molar-refractivity contribution in [3.8, 4) is 5.75 Å².